The average molecular weight is 312 g/mol. The van der Waals surface area contributed by atoms with Crippen LogP contribution in [0.1, 0.15) is 29.6 Å². The van der Waals surface area contributed by atoms with Gasteiger partial charge in [-0.05, 0) is 49.3 Å². The van der Waals surface area contributed by atoms with Crippen LogP contribution in [0.25, 0.3) is 0 Å². The van der Waals surface area contributed by atoms with Gasteiger partial charge in [-0.15, -0.1) is 0 Å². The molecule has 1 aromatic carbocycles. The van der Waals surface area contributed by atoms with Crippen molar-refractivity contribution in [1.29, 1.82) is 0 Å². The molecule has 96 valence electrons. The minimum Gasteiger partial charge on any atom is -0.327 e. The molecule has 0 aromatic heterocycles. The fourth-order valence-electron chi connectivity index (χ4n) is 3.59. The van der Waals surface area contributed by atoms with Crippen molar-refractivity contribution in [1.82, 2.24) is 0 Å². The quantitative estimate of drug-likeness (QED) is 0.853. The summed E-state index contributed by atoms with van der Waals surface area (Å²) in [5.41, 5.74) is 6.31. The Kier molecular flexibility index (Phi) is 3.02. The van der Waals surface area contributed by atoms with E-state index < -0.39 is 5.82 Å². The summed E-state index contributed by atoms with van der Waals surface area (Å²) >= 11 is 3.28. The van der Waals surface area contributed by atoms with Gasteiger partial charge in [0.05, 0.1) is 5.56 Å². The molecule has 3 rings (SSSR count). The van der Waals surface area contributed by atoms with E-state index in [2.05, 4.69) is 15.9 Å². The zero-order chi connectivity index (χ0) is 12.9. The van der Waals surface area contributed by atoms with E-state index in [-0.39, 0.29) is 23.3 Å². The molecule has 0 heterocycles. The number of carbonyl (C=O) groups excluding carboxylic acids is 1. The summed E-state index contributed by atoms with van der Waals surface area (Å²) in [4.78, 5) is 12.5. The summed E-state index contributed by atoms with van der Waals surface area (Å²) in [5.74, 6) is 0.0641. The molecule has 2 fully saturated rings. The van der Waals surface area contributed by atoms with Gasteiger partial charge in [-0.2, -0.15) is 0 Å². The number of rotatable bonds is 2. The van der Waals surface area contributed by atoms with Gasteiger partial charge in [0.25, 0.3) is 0 Å². The molecule has 4 atom stereocenters. The number of hydrogen-bond donors (Lipinski definition) is 1. The van der Waals surface area contributed by atoms with E-state index in [1.54, 1.807) is 12.1 Å². The lowest BCUT2D eigenvalue weighted by Crippen LogP contribution is -2.40. The number of ketones is 1. The minimum absolute atomic E-state index is 0.0883. The lowest BCUT2D eigenvalue weighted by atomic mass is 9.80. The highest BCUT2D eigenvalue weighted by molar-refractivity contribution is 9.10. The monoisotopic (exact) mass is 311 g/mol. The Morgan fingerprint density at radius 3 is 2.72 bits per heavy atom. The molecule has 2 aliphatic carbocycles. The molecule has 4 heteroatoms. The van der Waals surface area contributed by atoms with E-state index in [4.69, 9.17) is 5.73 Å². The Morgan fingerprint density at radius 1 is 1.33 bits per heavy atom. The van der Waals surface area contributed by atoms with Gasteiger partial charge < -0.3 is 5.73 Å². The molecule has 2 N–H and O–H groups in total. The molecule has 2 nitrogen and oxygen atoms in total. The normalized spacial score (nSPS) is 33.9. The molecular weight excluding hydrogens is 297 g/mol. The van der Waals surface area contributed by atoms with Gasteiger partial charge in [-0.25, -0.2) is 4.39 Å². The molecule has 0 radical (unpaired) electrons. The molecule has 18 heavy (non-hydrogen) atoms. The molecule has 0 amide bonds. The smallest absolute Gasteiger partial charge is 0.170 e. The first kappa shape index (κ1) is 12.3. The molecule has 0 saturated heterocycles. The highest BCUT2D eigenvalue weighted by Gasteiger charge is 2.49. The summed E-state index contributed by atoms with van der Waals surface area (Å²) in [6, 6.07) is 4.41. The van der Waals surface area contributed by atoms with Crippen LogP contribution in [-0.4, -0.2) is 11.8 Å². The van der Waals surface area contributed by atoms with Crippen molar-refractivity contribution in [2.75, 3.05) is 0 Å². The maximum atomic E-state index is 13.8. The van der Waals surface area contributed by atoms with Crippen LogP contribution in [0.5, 0.6) is 0 Å². The van der Waals surface area contributed by atoms with Crippen LogP contribution in [0.3, 0.4) is 0 Å². The van der Waals surface area contributed by atoms with E-state index in [1.807, 2.05) is 0 Å². The van der Waals surface area contributed by atoms with Crippen molar-refractivity contribution < 1.29 is 9.18 Å². The van der Waals surface area contributed by atoms with Crippen molar-refractivity contribution >= 4 is 21.7 Å². The SMILES string of the molecule is NC1C2CCC(C2)C1C(=O)c1cc(Br)ccc1F. The first-order chi connectivity index (χ1) is 8.58. The second kappa shape index (κ2) is 4.42. The molecule has 0 aliphatic heterocycles. The first-order valence-corrected chi connectivity index (χ1v) is 7.12. The van der Waals surface area contributed by atoms with E-state index >= 15 is 0 Å². The summed E-state index contributed by atoms with van der Waals surface area (Å²) in [7, 11) is 0. The third-order valence-corrected chi connectivity index (χ3v) is 4.97. The topological polar surface area (TPSA) is 43.1 Å². The second-order valence-corrected chi connectivity index (χ2v) is 6.34. The largest absolute Gasteiger partial charge is 0.327 e. The van der Waals surface area contributed by atoms with Crippen LogP contribution in [0, 0.1) is 23.6 Å². The van der Waals surface area contributed by atoms with Crippen molar-refractivity contribution in [3.63, 3.8) is 0 Å². The zero-order valence-electron chi connectivity index (χ0n) is 9.90. The van der Waals surface area contributed by atoms with Crippen LogP contribution in [-0.2, 0) is 0 Å². The predicted molar refractivity (Wildman–Crippen MR) is 70.7 cm³/mol. The first-order valence-electron chi connectivity index (χ1n) is 6.33. The highest BCUT2D eigenvalue weighted by Crippen LogP contribution is 2.48. The molecule has 4 unspecified atom stereocenters. The lowest BCUT2D eigenvalue weighted by Gasteiger charge is -2.27. The number of fused-ring (bicyclic) bond motifs is 2. The Hall–Kier alpha value is -0.740. The predicted octanol–water partition coefficient (Wildman–Crippen LogP) is 3.14. The van der Waals surface area contributed by atoms with Gasteiger partial charge in [0.15, 0.2) is 5.78 Å². The van der Waals surface area contributed by atoms with Crippen LogP contribution < -0.4 is 5.73 Å². The van der Waals surface area contributed by atoms with E-state index in [0.717, 1.165) is 23.7 Å². The van der Waals surface area contributed by atoms with Crippen molar-refractivity contribution in [3.8, 4) is 0 Å². The van der Waals surface area contributed by atoms with Gasteiger partial charge in [0.2, 0.25) is 0 Å². The molecule has 1 aromatic rings. The molecule has 0 spiro atoms. The molecule has 2 bridgehead atoms. The van der Waals surface area contributed by atoms with E-state index in [0.29, 0.717) is 11.8 Å². The van der Waals surface area contributed by atoms with Crippen LogP contribution in [0.15, 0.2) is 22.7 Å². The Balaban J connectivity index is 1.93. The van der Waals surface area contributed by atoms with Crippen LogP contribution in [0.4, 0.5) is 4.39 Å². The maximum absolute atomic E-state index is 13.8. The van der Waals surface area contributed by atoms with Gasteiger partial charge >= 0.3 is 0 Å². The number of hydrogen-bond acceptors (Lipinski definition) is 2. The van der Waals surface area contributed by atoms with Gasteiger partial charge in [-0.1, -0.05) is 15.9 Å². The fraction of sp³-hybridized carbons (Fsp3) is 0.500. The molecular formula is C14H15BrFNO. The second-order valence-electron chi connectivity index (χ2n) is 5.42. The highest BCUT2D eigenvalue weighted by atomic mass is 79.9. The average Bonchev–Trinajstić information content (AvgIpc) is 2.92. The maximum Gasteiger partial charge on any atom is 0.170 e. The summed E-state index contributed by atoms with van der Waals surface area (Å²) in [6.45, 7) is 0. The summed E-state index contributed by atoms with van der Waals surface area (Å²) in [5, 5.41) is 0. The molecule has 2 aliphatic rings. The van der Waals surface area contributed by atoms with E-state index in [9.17, 15) is 9.18 Å². The number of carbonyl (C=O) groups is 1. The van der Waals surface area contributed by atoms with E-state index in [1.165, 1.54) is 6.07 Å². The molecule has 2 saturated carbocycles. The standard InChI is InChI=1S/C14H15BrFNO/c15-9-3-4-11(16)10(6-9)14(18)12-7-1-2-8(5-7)13(12)17/h3-4,6-8,12-13H,1-2,5,17H2. The van der Waals surface area contributed by atoms with Crippen molar-refractivity contribution in [2.24, 2.45) is 23.5 Å². The van der Waals surface area contributed by atoms with Gasteiger partial charge in [0.1, 0.15) is 5.82 Å². The third kappa shape index (κ3) is 1.82. The Labute approximate surface area is 114 Å². The summed E-state index contributed by atoms with van der Waals surface area (Å²) in [6.07, 6.45) is 3.22. The third-order valence-electron chi connectivity index (χ3n) is 4.48. The van der Waals surface area contributed by atoms with Gasteiger partial charge in [0, 0.05) is 16.4 Å². The zero-order valence-corrected chi connectivity index (χ0v) is 11.5. The lowest BCUT2D eigenvalue weighted by molar-refractivity contribution is 0.0852. The van der Waals surface area contributed by atoms with Crippen LogP contribution in [0.2, 0.25) is 0 Å². The fourth-order valence-corrected chi connectivity index (χ4v) is 3.95. The number of benzene rings is 1. The van der Waals surface area contributed by atoms with Crippen molar-refractivity contribution in [2.45, 2.75) is 25.3 Å². The number of Topliss-reactive ketones (excluding diaryl/α,β-unsaturated/α-hetero) is 1. The van der Waals surface area contributed by atoms with Crippen LogP contribution >= 0.6 is 15.9 Å². The van der Waals surface area contributed by atoms with Crippen molar-refractivity contribution in [3.05, 3.63) is 34.1 Å². The number of halogens is 2. The Bertz CT molecular complexity index is 503. The Morgan fingerprint density at radius 2 is 2.06 bits per heavy atom. The summed E-state index contributed by atoms with van der Waals surface area (Å²) < 4.78 is 14.5. The minimum atomic E-state index is -0.446. The number of nitrogens with two attached hydrogens (primary N) is 1. The van der Waals surface area contributed by atoms with Gasteiger partial charge in [-0.3, -0.25) is 4.79 Å².